The molecule has 1 atom stereocenters. The SMILES string of the molecule is COC(=O)C1=C(C)N=c2s/c(=C\c3ccc(C)o3)c(=O)n2[C@@H]1c1ccc(OC(C)=O)cc1. The smallest absolute Gasteiger partial charge is 0.338 e. The average Bonchev–Trinajstić information content (AvgIpc) is 3.29. The van der Waals surface area contributed by atoms with Crippen LogP contribution in [0.1, 0.15) is 37.0 Å². The summed E-state index contributed by atoms with van der Waals surface area (Å²) in [7, 11) is 1.29. The first kappa shape index (κ1) is 21.5. The minimum Gasteiger partial charge on any atom is -0.466 e. The van der Waals surface area contributed by atoms with E-state index in [1.54, 1.807) is 43.3 Å². The highest BCUT2D eigenvalue weighted by atomic mass is 32.1. The maximum absolute atomic E-state index is 13.4. The van der Waals surface area contributed by atoms with Crippen LogP contribution >= 0.6 is 11.3 Å². The molecule has 1 aliphatic heterocycles. The lowest BCUT2D eigenvalue weighted by Crippen LogP contribution is -2.39. The fourth-order valence-corrected chi connectivity index (χ4v) is 4.58. The Balaban J connectivity index is 1.91. The van der Waals surface area contributed by atoms with Gasteiger partial charge in [0.2, 0.25) is 0 Å². The Morgan fingerprint density at radius 3 is 2.47 bits per heavy atom. The lowest BCUT2D eigenvalue weighted by Gasteiger charge is -2.24. The minimum absolute atomic E-state index is 0.264. The second-order valence-corrected chi connectivity index (χ2v) is 8.19. The number of carbonyl (C=O) groups is 2. The van der Waals surface area contributed by atoms with Crippen LogP contribution in [-0.4, -0.2) is 23.6 Å². The van der Waals surface area contributed by atoms with Crippen LogP contribution in [0.25, 0.3) is 6.08 Å². The van der Waals surface area contributed by atoms with Gasteiger partial charge in [-0.25, -0.2) is 9.79 Å². The van der Waals surface area contributed by atoms with Crippen molar-refractivity contribution in [2.24, 2.45) is 4.99 Å². The summed E-state index contributed by atoms with van der Waals surface area (Å²) in [5.74, 6) is 0.640. The molecule has 9 heteroatoms. The zero-order chi connectivity index (χ0) is 23.0. The number of thiazole rings is 1. The Morgan fingerprint density at radius 1 is 1.16 bits per heavy atom. The van der Waals surface area contributed by atoms with Crippen LogP contribution in [0.5, 0.6) is 5.75 Å². The largest absolute Gasteiger partial charge is 0.466 e. The third-order valence-electron chi connectivity index (χ3n) is 4.92. The van der Waals surface area contributed by atoms with Crippen LogP contribution in [-0.2, 0) is 14.3 Å². The molecule has 0 aliphatic carbocycles. The molecule has 1 aliphatic rings. The van der Waals surface area contributed by atoms with Gasteiger partial charge in [0.05, 0.1) is 29.0 Å². The fourth-order valence-electron chi connectivity index (χ4n) is 3.55. The standard InChI is InChI=1S/C23H20N2O6S/c1-12-5-8-17(30-12)11-18-21(27)25-20(15-6-9-16(10-7-15)31-14(3)26)19(22(28)29-4)13(2)24-23(25)32-18/h5-11,20H,1-4H3/b18-11-/t20-/m1/s1. The van der Waals surface area contributed by atoms with E-state index >= 15 is 0 Å². The lowest BCUT2D eigenvalue weighted by atomic mass is 9.96. The van der Waals surface area contributed by atoms with Gasteiger partial charge in [0.1, 0.15) is 17.3 Å². The Hall–Kier alpha value is -3.72. The summed E-state index contributed by atoms with van der Waals surface area (Å²) in [6.45, 7) is 4.84. The molecule has 8 nitrogen and oxygen atoms in total. The molecular formula is C23H20N2O6S. The quantitative estimate of drug-likeness (QED) is 0.445. The number of benzene rings is 1. The molecule has 0 bridgehead atoms. The van der Waals surface area contributed by atoms with Crippen molar-refractivity contribution in [2.75, 3.05) is 7.11 Å². The van der Waals surface area contributed by atoms with Crippen LogP contribution in [0.2, 0.25) is 0 Å². The van der Waals surface area contributed by atoms with Crippen molar-refractivity contribution in [3.63, 3.8) is 0 Å². The number of fused-ring (bicyclic) bond motifs is 1. The number of hydrogen-bond donors (Lipinski definition) is 0. The van der Waals surface area contributed by atoms with Crippen molar-refractivity contribution in [3.05, 3.63) is 84.4 Å². The first-order valence-corrected chi connectivity index (χ1v) is 10.6. The van der Waals surface area contributed by atoms with Gasteiger partial charge in [0.15, 0.2) is 4.80 Å². The highest BCUT2D eigenvalue weighted by Crippen LogP contribution is 2.31. The summed E-state index contributed by atoms with van der Waals surface area (Å²) in [4.78, 5) is 42.2. The highest BCUT2D eigenvalue weighted by molar-refractivity contribution is 7.07. The average molecular weight is 452 g/mol. The van der Waals surface area contributed by atoms with E-state index in [2.05, 4.69) is 4.99 Å². The molecule has 0 fully saturated rings. The van der Waals surface area contributed by atoms with Gasteiger partial charge in [-0.2, -0.15) is 0 Å². The number of nitrogens with zero attached hydrogens (tertiary/aromatic N) is 2. The van der Waals surface area contributed by atoms with E-state index in [-0.39, 0.29) is 11.1 Å². The van der Waals surface area contributed by atoms with Crippen molar-refractivity contribution >= 4 is 29.4 Å². The number of allylic oxidation sites excluding steroid dienone is 1. The van der Waals surface area contributed by atoms with Crippen LogP contribution < -0.4 is 19.6 Å². The number of furan rings is 1. The summed E-state index contributed by atoms with van der Waals surface area (Å²) in [6.07, 6.45) is 1.66. The third-order valence-corrected chi connectivity index (χ3v) is 5.90. The summed E-state index contributed by atoms with van der Waals surface area (Å²) in [6, 6.07) is 9.49. The van der Waals surface area contributed by atoms with Gasteiger partial charge in [-0.3, -0.25) is 14.2 Å². The molecule has 3 heterocycles. The Labute approximate surface area is 186 Å². The Kier molecular flexibility index (Phi) is 5.67. The van der Waals surface area contributed by atoms with E-state index in [0.29, 0.717) is 32.1 Å². The van der Waals surface area contributed by atoms with Gasteiger partial charge in [-0.15, -0.1) is 0 Å². The van der Waals surface area contributed by atoms with E-state index in [1.807, 2.05) is 13.0 Å². The van der Waals surface area contributed by atoms with Gasteiger partial charge < -0.3 is 13.9 Å². The van der Waals surface area contributed by atoms with E-state index in [4.69, 9.17) is 13.9 Å². The van der Waals surface area contributed by atoms with E-state index in [9.17, 15) is 14.4 Å². The molecule has 1 aromatic carbocycles. The molecule has 3 aromatic rings. The summed E-state index contributed by atoms with van der Waals surface area (Å²) < 4.78 is 17.6. The molecule has 0 N–H and O–H groups in total. The second kappa shape index (κ2) is 8.43. The number of rotatable bonds is 4. The highest BCUT2D eigenvalue weighted by Gasteiger charge is 2.33. The van der Waals surface area contributed by atoms with Crippen molar-refractivity contribution in [3.8, 4) is 5.75 Å². The zero-order valence-corrected chi connectivity index (χ0v) is 18.7. The van der Waals surface area contributed by atoms with Crippen LogP contribution in [0, 0.1) is 6.92 Å². The summed E-state index contributed by atoms with van der Waals surface area (Å²) >= 11 is 1.21. The molecule has 0 amide bonds. The number of aryl methyl sites for hydroxylation is 1. The number of methoxy groups -OCH3 is 1. The molecule has 2 aromatic heterocycles. The fraction of sp³-hybridized carbons (Fsp3) is 0.217. The first-order valence-electron chi connectivity index (χ1n) is 9.74. The third kappa shape index (κ3) is 3.94. The summed E-state index contributed by atoms with van der Waals surface area (Å²) in [5.41, 5.74) is 1.08. The Bertz CT molecular complexity index is 1420. The second-order valence-electron chi connectivity index (χ2n) is 7.18. The zero-order valence-electron chi connectivity index (χ0n) is 17.9. The van der Waals surface area contributed by atoms with Gasteiger partial charge in [-0.05, 0) is 43.7 Å². The number of esters is 2. The minimum atomic E-state index is -0.745. The van der Waals surface area contributed by atoms with Gasteiger partial charge in [0.25, 0.3) is 5.56 Å². The van der Waals surface area contributed by atoms with Crippen molar-refractivity contribution in [1.82, 2.24) is 4.57 Å². The van der Waals surface area contributed by atoms with Gasteiger partial charge in [0, 0.05) is 13.0 Å². The van der Waals surface area contributed by atoms with Crippen molar-refractivity contribution in [2.45, 2.75) is 26.8 Å². The molecule has 32 heavy (non-hydrogen) atoms. The van der Waals surface area contributed by atoms with Gasteiger partial charge >= 0.3 is 11.9 Å². The monoisotopic (exact) mass is 452 g/mol. The maximum Gasteiger partial charge on any atom is 0.338 e. The molecule has 4 rings (SSSR count). The predicted octanol–water partition coefficient (Wildman–Crippen LogP) is 2.23. The topological polar surface area (TPSA) is 100 Å². The summed E-state index contributed by atoms with van der Waals surface area (Å²) in [5, 5.41) is 0. The number of hydrogen-bond acceptors (Lipinski definition) is 8. The van der Waals surface area contributed by atoms with Crippen LogP contribution in [0.3, 0.4) is 0 Å². The Morgan fingerprint density at radius 2 is 1.88 bits per heavy atom. The molecule has 0 spiro atoms. The van der Waals surface area contributed by atoms with Crippen LogP contribution in [0.4, 0.5) is 0 Å². The number of carbonyl (C=O) groups excluding carboxylic acids is 2. The van der Waals surface area contributed by atoms with Crippen molar-refractivity contribution < 1.29 is 23.5 Å². The molecular weight excluding hydrogens is 432 g/mol. The molecule has 0 radical (unpaired) electrons. The lowest BCUT2D eigenvalue weighted by molar-refractivity contribution is -0.136. The number of ether oxygens (including phenoxy) is 2. The van der Waals surface area contributed by atoms with E-state index < -0.39 is 18.0 Å². The predicted molar refractivity (Wildman–Crippen MR) is 117 cm³/mol. The van der Waals surface area contributed by atoms with E-state index in [1.165, 1.54) is 29.9 Å². The van der Waals surface area contributed by atoms with Crippen molar-refractivity contribution in [1.29, 1.82) is 0 Å². The molecule has 0 unspecified atom stereocenters. The molecule has 0 saturated heterocycles. The normalized spacial score (nSPS) is 15.9. The number of aromatic nitrogens is 1. The molecule has 0 saturated carbocycles. The van der Waals surface area contributed by atoms with Gasteiger partial charge in [-0.1, -0.05) is 23.5 Å². The maximum atomic E-state index is 13.4. The molecule has 164 valence electrons. The first-order chi connectivity index (χ1) is 15.3. The van der Waals surface area contributed by atoms with E-state index in [0.717, 1.165) is 5.76 Å². The van der Waals surface area contributed by atoms with Crippen LogP contribution in [0.15, 0.2) is 61.9 Å².